The van der Waals surface area contributed by atoms with Crippen LogP contribution in [0.4, 0.5) is 11.8 Å². The first-order chi connectivity index (χ1) is 7.65. The van der Waals surface area contributed by atoms with E-state index in [-0.39, 0.29) is 12.0 Å². The van der Waals surface area contributed by atoms with Gasteiger partial charge in [-0.25, -0.2) is 9.97 Å². The first kappa shape index (κ1) is 10.7. The zero-order chi connectivity index (χ0) is 11.5. The van der Waals surface area contributed by atoms with Gasteiger partial charge in [0.25, 0.3) is 0 Å². The van der Waals surface area contributed by atoms with Crippen LogP contribution in [-0.4, -0.2) is 19.9 Å². The fourth-order valence-corrected chi connectivity index (χ4v) is 1.50. The third kappa shape index (κ3) is 2.40. The molecule has 6 nitrogen and oxygen atoms in total. The maximum Gasteiger partial charge on any atom is 0.223 e. The maximum absolute atomic E-state index is 5.76. The SMILES string of the molecule is CC(Nc1cc(Cl)nc(N)n1)c1ncc[nH]1. The van der Waals surface area contributed by atoms with Gasteiger partial charge in [-0.2, -0.15) is 4.98 Å². The molecule has 0 saturated carbocycles. The lowest BCUT2D eigenvalue weighted by Crippen LogP contribution is -2.10. The third-order valence-electron chi connectivity index (χ3n) is 2.01. The third-order valence-corrected chi connectivity index (χ3v) is 2.20. The Balaban J connectivity index is 2.15. The monoisotopic (exact) mass is 238 g/mol. The number of aromatic nitrogens is 4. The average molecular weight is 239 g/mol. The van der Waals surface area contributed by atoms with E-state index in [4.69, 9.17) is 17.3 Å². The van der Waals surface area contributed by atoms with Crippen molar-refractivity contribution in [1.29, 1.82) is 0 Å². The standard InChI is InChI=1S/C9H11ClN6/c1-5(8-12-2-3-13-8)14-7-4-6(10)15-9(11)16-7/h2-5H,1H3,(H,12,13)(H3,11,14,15,16). The van der Waals surface area contributed by atoms with Crippen molar-refractivity contribution in [2.24, 2.45) is 0 Å². The number of nitrogens with two attached hydrogens (primary N) is 1. The number of hydrogen-bond donors (Lipinski definition) is 3. The Hall–Kier alpha value is -1.82. The van der Waals surface area contributed by atoms with Crippen LogP contribution >= 0.6 is 11.6 Å². The number of nitrogens with zero attached hydrogens (tertiary/aromatic N) is 3. The molecular formula is C9H11ClN6. The maximum atomic E-state index is 5.76. The molecule has 0 aliphatic heterocycles. The van der Waals surface area contributed by atoms with E-state index >= 15 is 0 Å². The second kappa shape index (κ2) is 4.36. The molecule has 2 aromatic rings. The van der Waals surface area contributed by atoms with Gasteiger partial charge in [0.15, 0.2) is 0 Å². The van der Waals surface area contributed by atoms with E-state index in [0.717, 1.165) is 5.82 Å². The van der Waals surface area contributed by atoms with Crippen LogP contribution in [-0.2, 0) is 0 Å². The number of H-pyrrole nitrogens is 1. The van der Waals surface area contributed by atoms with Gasteiger partial charge in [0.1, 0.15) is 16.8 Å². The summed E-state index contributed by atoms with van der Waals surface area (Å²) >= 11 is 5.76. The minimum absolute atomic E-state index is 0.0135. The number of nitrogen functional groups attached to an aromatic ring is 1. The summed E-state index contributed by atoms with van der Waals surface area (Å²) in [6.07, 6.45) is 3.45. The normalized spacial score (nSPS) is 12.4. The first-order valence-corrected chi connectivity index (χ1v) is 5.09. The molecule has 0 amide bonds. The van der Waals surface area contributed by atoms with Gasteiger partial charge in [0.2, 0.25) is 5.95 Å². The molecule has 0 saturated heterocycles. The number of nitrogens with one attached hydrogen (secondary N) is 2. The van der Waals surface area contributed by atoms with Crippen LogP contribution in [0.3, 0.4) is 0 Å². The molecule has 0 spiro atoms. The van der Waals surface area contributed by atoms with Crippen molar-refractivity contribution in [3.05, 3.63) is 29.4 Å². The minimum Gasteiger partial charge on any atom is -0.368 e. The number of hydrogen-bond acceptors (Lipinski definition) is 5. The molecule has 0 radical (unpaired) electrons. The van der Waals surface area contributed by atoms with Gasteiger partial charge in [-0.1, -0.05) is 11.6 Å². The molecule has 16 heavy (non-hydrogen) atoms. The summed E-state index contributed by atoms with van der Waals surface area (Å²) in [6.45, 7) is 1.95. The van der Waals surface area contributed by atoms with Gasteiger partial charge in [-0.3, -0.25) is 0 Å². The second-order valence-corrected chi connectivity index (χ2v) is 3.66. The summed E-state index contributed by atoms with van der Waals surface area (Å²) in [5, 5.41) is 3.42. The fourth-order valence-electron chi connectivity index (χ4n) is 1.31. The Labute approximate surface area is 97.3 Å². The number of anilines is 2. The van der Waals surface area contributed by atoms with E-state index < -0.39 is 0 Å². The minimum atomic E-state index is -0.0135. The molecule has 0 aliphatic carbocycles. The van der Waals surface area contributed by atoms with E-state index in [1.54, 1.807) is 18.5 Å². The first-order valence-electron chi connectivity index (χ1n) is 4.71. The van der Waals surface area contributed by atoms with E-state index in [9.17, 15) is 0 Å². The lowest BCUT2D eigenvalue weighted by Gasteiger charge is -2.12. The van der Waals surface area contributed by atoms with Crippen LogP contribution in [0.15, 0.2) is 18.5 Å². The molecule has 2 rings (SSSR count). The van der Waals surface area contributed by atoms with Crippen molar-refractivity contribution >= 4 is 23.4 Å². The molecule has 0 fully saturated rings. The van der Waals surface area contributed by atoms with Crippen molar-refractivity contribution < 1.29 is 0 Å². The Morgan fingerprint density at radius 2 is 2.31 bits per heavy atom. The number of imidazole rings is 1. The highest BCUT2D eigenvalue weighted by atomic mass is 35.5. The molecule has 2 aromatic heterocycles. The van der Waals surface area contributed by atoms with Gasteiger partial charge < -0.3 is 16.0 Å². The summed E-state index contributed by atoms with van der Waals surface area (Å²) in [6, 6.07) is 1.59. The topological polar surface area (TPSA) is 92.5 Å². The van der Waals surface area contributed by atoms with Gasteiger partial charge >= 0.3 is 0 Å². The molecule has 4 N–H and O–H groups in total. The van der Waals surface area contributed by atoms with Gasteiger partial charge in [0, 0.05) is 18.5 Å². The predicted molar refractivity (Wildman–Crippen MR) is 62.1 cm³/mol. The Morgan fingerprint density at radius 3 is 2.94 bits per heavy atom. The van der Waals surface area contributed by atoms with Crippen LogP contribution < -0.4 is 11.1 Å². The van der Waals surface area contributed by atoms with Crippen molar-refractivity contribution in [2.75, 3.05) is 11.1 Å². The lowest BCUT2D eigenvalue weighted by atomic mass is 10.3. The summed E-state index contributed by atoms with van der Waals surface area (Å²) in [5.74, 6) is 1.52. The van der Waals surface area contributed by atoms with Gasteiger partial charge in [-0.15, -0.1) is 0 Å². The Morgan fingerprint density at radius 1 is 1.50 bits per heavy atom. The van der Waals surface area contributed by atoms with Crippen LogP contribution in [0.1, 0.15) is 18.8 Å². The molecule has 84 valence electrons. The molecule has 1 atom stereocenters. The second-order valence-electron chi connectivity index (χ2n) is 3.27. The van der Waals surface area contributed by atoms with Gasteiger partial charge in [0.05, 0.1) is 6.04 Å². The fraction of sp³-hybridized carbons (Fsp3) is 0.222. The quantitative estimate of drug-likeness (QED) is 0.707. The summed E-state index contributed by atoms with van der Waals surface area (Å²) < 4.78 is 0. The van der Waals surface area contributed by atoms with Crippen LogP contribution in [0.2, 0.25) is 5.15 Å². The predicted octanol–water partition coefficient (Wildman–Crippen LogP) is 1.61. The van der Waals surface area contributed by atoms with Crippen LogP contribution in [0.5, 0.6) is 0 Å². The average Bonchev–Trinajstić information content (AvgIpc) is 2.68. The Bertz CT molecular complexity index is 449. The van der Waals surface area contributed by atoms with Crippen LogP contribution in [0.25, 0.3) is 0 Å². The highest BCUT2D eigenvalue weighted by molar-refractivity contribution is 6.29. The van der Waals surface area contributed by atoms with Crippen molar-refractivity contribution in [1.82, 2.24) is 19.9 Å². The Kier molecular flexibility index (Phi) is 2.91. The van der Waals surface area contributed by atoms with E-state index in [0.29, 0.717) is 11.0 Å². The zero-order valence-electron chi connectivity index (χ0n) is 8.61. The van der Waals surface area contributed by atoms with Crippen molar-refractivity contribution in [3.63, 3.8) is 0 Å². The molecule has 0 aliphatic rings. The number of aromatic amines is 1. The summed E-state index contributed by atoms with van der Waals surface area (Å²) in [7, 11) is 0. The van der Waals surface area contributed by atoms with E-state index in [1.165, 1.54) is 0 Å². The molecule has 2 heterocycles. The number of halogens is 1. The van der Waals surface area contributed by atoms with Crippen molar-refractivity contribution in [3.8, 4) is 0 Å². The van der Waals surface area contributed by atoms with Crippen molar-refractivity contribution in [2.45, 2.75) is 13.0 Å². The summed E-state index contributed by atoms with van der Waals surface area (Å²) in [5.41, 5.74) is 5.48. The van der Waals surface area contributed by atoms with E-state index in [2.05, 4.69) is 25.3 Å². The smallest absolute Gasteiger partial charge is 0.223 e. The molecular weight excluding hydrogens is 228 g/mol. The molecule has 1 unspecified atom stereocenters. The zero-order valence-corrected chi connectivity index (χ0v) is 9.36. The summed E-state index contributed by atoms with van der Waals surface area (Å²) in [4.78, 5) is 14.9. The molecule has 0 bridgehead atoms. The molecule has 0 aromatic carbocycles. The van der Waals surface area contributed by atoms with Gasteiger partial charge in [-0.05, 0) is 6.92 Å². The lowest BCUT2D eigenvalue weighted by molar-refractivity contribution is 0.803. The molecule has 7 heteroatoms. The number of rotatable bonds is 3. The van der Waals surface area contributed by atoms with E-state index in [1.807, 2.05) is 6.92 Å². The largest absolute Gasteiger partial charge is 0.368 e. The van der Waals surface area contributed by atoms with Crippen LogP contribution in [0, 0.1) is 0 Å². The highest BCUT2D eigenvalue weighted by Crippen LogP contribution is 2.17. The highest BCUT2D eigenvalue weighted by Gasteiger charge is 2.09.